The molecule has 4 rings (SSSR count). The zero-order valence-corrected chi connectivity index (χ0v) is 20.2. The quantitative estimate of drug-likeness (QED) is 0.500. The smallest absolute Gasteiger partial charge is 0.509 e. The molecule has 0 saturated heterocycles. The first-order valence-corrected chi connectivity index (χ1v) is 12.4. The van der Waals surface area contributed by atoms with Gasteiger partial charge in [-0.25, -0.2) is 0 Å². The van der Waals surface area contributed by atoms with Gasteiger partial charge in [-0.1, -0.05) is 86.1 Å². The first kappa shape index (κ1) is 22.1. The zero-order chi connectivity index (χ0) is 21.5. The number of fused-ring (bicyclic) bond motifs is 1. The fourth-order valence-electron chi connectivity index (χ4n) is 5.56. The standard InChI is InChI=1S/C26H42BNO2/c1-25(2,3)19-17-22(26(4,5)6)24-23(18-19)29-27(30-24)28(20-13-9-7-10-14-20)21-15-11-8-12-16-21/h17-18,20-21H,7-16H2,1-6H3. The molecule has 1 aromatic carbocycles. The molecule has 0 N–H and O–H groups in total. The van der Waals surface area contributed by atoms with Crippen molar-refractivity contribution in [2.75, 3.05) is 0 Å². The van der Waals surface area contributed by atoms with Crippen LogP contribution in [-0.2, 0) is 10.8 Å². The third kappa shape index (κ3) is 4.54. The molecule has 0 unspecified atom stereocenters. The highest BCUT2D eigenvalue weighted by atomic mass is 16.6. The van der Waals surface area contributed by atoms with E-state index in [-0.39, 0.29) is 18.1 Å². The van der Waals surface area contributed by atoms with Crippen LogP contribution >= 0.6 is 0 Å². The highest BCUT2D eigenvalue weighted by molar-refractivity contribution is 6.44. The van der Waals surface area contributed by atoms with Gasteiger partial charge in [-0.2, -0.15) is 0 Å². The average Bonchev–Trinajstić information content (AvgIpc) is 3.11. The van der Waals surface area contributed by atoms with E-state index in [0.29, 0.717) is 12.1 Å². The Hall–Kier alpha value is -1.16. The van der Waals surface area contributed by atoms with Crippen LogP contribution in [0.2, 0.25) is 0 Å². The highest BCUT2D eigenvalue weighted by Gasteiger charge is 2.48. The third-order valence-electron chi connectivity index (χ3n) is 7.41. The zero-order valence-electron chi connectivity index (χ0n) is 20.2. The SMILES string of the molecule is CC(C)(C)c1cc2c(c(C(C)(C)C)c1)OB(N(C1CCCCC1)C1CCCCC1)O2. The molecular weight excluding hydrogens is 369 g/mol. The normalized spacial score (nSPS) is 21.5. The van der Waals surface area contributed by atoms with Gasteiger partial charge in [-0.3, -0.25) is 4.81 Å². The Labute approximate surface area is 185 Å². The molecule has 1 heterocycles. The van der Waals surface area contributed by atoms with Crippen LogP contribution < -0.4 is 9.31 Å². The van der Waals surface area contributed by atoms with Crippen LogP contribution in [0.3, 0.4) is 0 Å². The molecule has 0 atom stereocenters. The van der Waals surface area contributed by atoms with E-state index >= 15 is 0 Å². The lowest BCUT2D eigenvalue weighted by Crippen LogP contribution is -2.57. The van der Waals surface area contributed by atoms with Crippen LogP contribution in [-0.4, -0.2) is 24.1 Å². The van der Waals surface area contributed by atoms with Crippen LogP contribution in [0.4, 0.5) is 0 Å². The van der Waals surface area contributed by atoms with Gasteiger partial charge >= 0.3 is 7.25 Å². The second-order valence-corrected chi connectivity index (χ2v) is 11.9. The molecule has 1 aromatic rings. The van der Waals surface area contributed by atoms with Crippen molar-refractivity contribution >= 4 is 7.25 Å². The summed E-state index contributed by atoms with van der Waals surface area (Å²) in [6.45, 7) is 13.7. The molecule has 3 aliphatic rings. The summed E-state index contributed by atoms with van der Waals surface area (Å²) in [5.74, 6) is 1.94. The molecule has 0 aromatic heterocycles. The van der Waals surface area contributed by atoms with E-state index in [4.69, 9.17) is 9.31 Å². The number of hydrogen-bond acceptors (Lipinski definition) is 3. The maximum Gasteiger partial charge on any atom is 0.702 e. The van der Waals surface area contributed by atoms with Crippen molar-refractivity contribution in [3.63, 3.8) is 0 Å². The van der Waals surface area contributed by atoms with Crippen molar-refractivity contribution in [3.8, 4) is 11.5 Å². The van der Waals surface area contributed by atoms with Crippen molar-refractivity contribution in [1.82, 2.24) is 4.81 Å². The van der Waals surface area contributed by atoms with Crippen LogP contribution in [0.1, 0.15) is 117 Å². The van der Waals surface area contributed by atoms with E-state index < -0.39 is 0 Å². The summed E-state index contributed by atoms with van der Waals surface area (Å²) in [6.07, 6.45) is 13.3. The molecule has 0 spiro atoms. The molecule has 2 fully saturated rings. The first-order valence-electron chi connectivity index (χ1n) is 12.4. The topological polar surface area (TPSA) is 21.7 Å². The number of hydrogen-bond donors (Lipinski definition) is 0. The highest BCUT2D eigenvalue weighted by Crippen LogP contribution is 2.46. The molecule has 0 bridgehead atoms. The molecule has 0 radical (unpaired) electrons. The fourth-order valence-corrected chi connectivity index (χ4v) is 5.56. The molecule has 4 heteroatoms. The summed E-state index contributed by atoms with van der Waals surface area (Å²) in [4.78, 5) is 2.65. The summed E-state index contributed by atoms with van der Waals surface area (Å²) >= 11 is 0. The van der Waals surface area contributed by atoms with Crippen molar-refractivity contribution in [2.45, 2.75) is 129 Å². The summed E-state index contributed by atoms with van der Waals surface area (Å²) in [7, 11) is -0.262. The maximum absolute atomic E-state index is 6.70. The van der Waals surface area contributed by atoms with Crippen molar-refractivity contribution in [2.24, 2.45) is 0 Å². The van der Waals surface area contributed by atoms with Crippen molar-refractivity contribution in [1.29, 1.82) is 0 Å². The second-order valence-electron chi connectivity index (χ2n) is 11.9. The van der Waals surface area contributed by atoms with Gasteiger partial charge in [0.05, 0.1) is 0 Å². The summed E-state index contributed by atoms with van der Waals surface area (Å²) in [5.41, 5.74) is 2.71. The van der Waals surface area contributed by atoms with Crippen LogP contribution in [0.5, 0.6) is 11.5 Å². The van der Waals surface area contributed by atoms with Gasteiger partial charge in [0.25, 0.3) is 0 Å². The largest absolute Gasteiger partial charge is 0.702 e. The van der Waals surface area contributed by atoms with E-state index in [9.17, 15) is 0 Å². The average molecular weight is 411 g/mol. The predicted molar refractivity (Wildman–Crippen MR) is 126 cm³/mol. The Morgan fingerprint density at radius 1 is 0.733 bits per heavy atom. The fraction of sp³-hybridized carbons (Fsp3) is 0.769. The Bertz CT molecular complexity index is 719. The van der Waals surface area contributed by atoms with Crippen molar-refractivity contribution < 1.29 is 9.31 Å². The molecular formula is C26H42BNO2. The minimum absolute atomic E-state index is 0.0180. The van der Waals surface area contributed by atoms with Gasteiger partial charge in [-0.05, 0) is 48.1 Å². The Morgan fingerprint density at radius 3 is 1.73 bits per heavy atom. The minimum atomic E-state index is -0.262. The molecule has 1 aliphatic heterocycles. The van der Waals surface area contributed by atoms with Gasteiger partial charge in [0.15, 0.2) is 0 Å². The van der Waals surface area contributed by atoms with E-state index in [1.54, 1.807) is 0 Å². The Kier molecular flexibility index (Phi) is 6.18. The van der Waals surface area contributed by atoms with Gasteiger partial charge in [-0.15, -0.1) is 0 Å². The van der Waals surface area contributed by atoms with Crippen LogP contribution in [0.25, 0.3) is 0 Å². The summed E-state index contributed by atoms with van der Waals surface area (Å²) in [6, 6.07) is 5.79. The predicted octanol–water partition coefficient (Wildman–Crippen LogP) is 7.01. The third-order valence-corrected chi connectivity index (χ3v) is 7.41. The number of rotatable bonds is 3. The summed E-state index contributed by atoms with van der Waals surface area (Å²) < 4.78 is 13.4. The Balaban J connectivity index is 1.68. The second kappa shape index (κ2) is 8.41. The lowest BCUT2D eigenvalue weighted by atomic mass is 9.80. The van der Waals surface area contributed by atoms with Crippen LogP contribution in [0.15, 0.2) is 12.1 Å². The van der Waals surface area contributed by atoms with Gasteiger partial charge < -0.3 is 9.31 Å². The van der Waals surface area contributed by atoms with Crippen molar-refractivity contribution in [3.05, 3.63) is 23.3 Å². The minimum Gasteiger partial charge on any atom is -0.509 e. The maximum atomic E-state index is 6.70. The molecule has 3 nitrogen and oxygen atoms in total. The number of nitrogens with zero attached hydrogens (tertiary/aromatic N) is 1. The van der Waals surface area contributed by atoms with Gasteiger partial charge in [0, 0.05) is 17.6 Å². The van der Waals surface area contributed by atoms with E-state index in [1.807, 2.05) is 0 Å². The number of benzene rings is 1. The molecule has 2 saturated carbocycles. The lowest BCUT2D eigenvalue weighted by molar-refractivity contribution is 0.133. The summed E-state index contributed by atoms with van der Waals surface area (Å²) in [5, 5.41) is 0. The molecule has 30 heavy (non-hydrogen) atoms. The monoisotopic (exact) mass is 411 g/mol. The van der Waals surface area contributed by atoms with E-state index in [1.165, 1.54) is 75.3 Å². The Morgan fingerprint density at radius 2 is 1.27 bits per heavy atom. The lowest BCUT2D eigenvalue weighted by Gasteiger charge is -2.41. The van der Waals surface area contributed by atoms with E-state index in [0.717, 1.165) is 11.5 Å². The van der Waals surface area contributed by atoms with Gasteiger partial charge in [0.1, 0.15) is 11.5 Å². The molecule has 2 aliphatic carbocycles. The molecule has 166 valence electrons. The van der Waals surface area contributed by atoms with Crippen LogP contribution in [0, 0.1) is 0 Å². The van der Waals surface area contributed by atoms with E-state index in [2.05, 4.69) is 58.5 Å². The molecule has 0 amide bonds. The first-order chi connectivity index (χ1) is 14.1. The van der Waals surface area contributed by atoms with Gasteiger partial charge in [0.2, 0.25) is 0 Å².